The third-order valence-corrected chi connectivity index (χ3v) is 7.51. The molecule has 0 aliphatic heterocycles. The van der Waals surface area contributed by atoms with Gasteiger partial charge < -0.3 is 9.53 Å². The van der Waals surface area contributed by atoms with Gasteiger partial charge in [0.1, 0.15) is 0 Å². The molecule has 3 heteroatoms. The lowest BCUT2D eigenvalue weighted by Crippen LogP contribution is -2.59. The van der Waals surface area contributed by atoms with Crippen LogP contribution >= 0.6 is 0 Å². The third-order valence-electron chi connectivity index (χ3n) is 4.69. The van der Waals surface area contributed by atoms with E-state index in [0.29, 0.717) is 5.92 Å². The maximum absolute atomic E-state index is 10.6. The summed E-state index contributed by atoms with van der Waals surface area (Å²) in [5.41, 5.74) is 0. The van der Waals surface area contributed by atoms with Crippen LogP contribution < -0.4 is 0 Å². The number of rotatable bonds is 5. The summed E-state index contributed by atoms with van der Waals surface area (Å²) in [4.78, 5) is 10.6. The number of fused-ring (bicyclic) bond motifs is 2. The number of hydrogen-bond acceptors (Lipinski definition) is 2. The van der Waals surface area contributed by atoms with Gasteiger partial charge in [0, 0.05) is 6.61 Å². The SMILES string of the molecule is CCCCOC1([Si](C)(C)O)CC2CCC1C2. The second kappa shape index (κ2) is 4.43. The zero-order chi connectivity index (χ0) is 11.8. The van der Waals surface area contributed by atoms with E-state index in [1.807, 2.05) is 0 Å². The maximum atomic E-state index is 10.6. The van der Waals surface area contributed by atoms with Crippen molar-refractivity contribution in [3.05, 3.63) is 0 Å². The fourth-order valence-electron chi connectivity index (χ4n) is 3.78. The van der Waals surface area contributed by atoms with Crippen molar-refractivity contribution < 1.29 is 9.53 Å². The summed E-state index contributed by atoms with van der Waals surface area (Å²) >= 11 is 0. The molecule has 94 valence electrons. The predicted molar refractivity (Wildman–Crippen MR) is 68.7 cm³/mol. The smallest absolute Gasteiger partial charge is 0.214 e. The van der Waals surface area contributed by atoms with E-state index in [1.165, 1.54) is 25.7 Å². The van der Waals surface area contributed by atoms with Gasteiger partial charge in [0.2, 0.25) is 8.32 Å². The summed E-state index contributed by atoms with van der Waals surface area (Å²) in [6, 6.07) is 0. The molecule has 0 aromatic heterocycles. The van der Waals surface area contributed by atoms with Crippen LogP contribution in [0, 0.1) is 11.8 Å². The Balaban J connectivity index is 2.08. The Labute approximate surface area is 101 Å². The molecule has 2 rings (SSSR count). The molecule has 0 amide bonds. The molecule has 3 unspecified atom stereocenters. The van der Waals surface area contributed by atoms with E-state index in [1.54, 1.807) is 0 Å². The summed E-state index contributed by atoms with van der Waals surface area (Å²) in [5, 5.41) is -0.106. The lowest BCUT2D eigenvalue weighted by Gasteiger charge is -2.45. The minimum absolute atomic E-state index is 0.106. The Morgan fingerprint density at radius 1 is 1.38 bits per heavy atom. The summed E-state index contributed by atoms with van der Waals surface area (Å²) < 4.78 is 6.24. The van der Waals surface area contributed by atoms with Crippen LogP contribution in [0.4, 0.5) is 0 Å². The first-order valence-corrected chi connectivity index (χ1v) is 9.80. The fraction of sp³-hybridized carbons (Fsp3) is 1.00. The van der Waals surface area contributed by atoms with E-state index in [4.69, 9.17) is 4.74 Å². The number of unbranched alkanes of at least 4 members (excludes halogenated alkanes) is 1. The quantitative estimate of drug-likeness (QED) is 0.593. The molecular weight excluding hydrogens is 216 g/mol. The van der Waals surface area contributed by atoms with Crippen LogP contribution in [0.15, 0.2) is 0 Å². The molecular formula is C13H26O2Si. The van der Waals surface area contributed by atoms with E-state index < -0.39 is 8.32 Å². The van der Waals surface area contributed by atoms with Crippen molar-refractivity contribution in [3.63, 3.8) is 0 Å². The molecule has 2 fully saturated rings. The molecule has 2 bridgehead atoms. The Bertz CT molecular complexity index is 249. The van der Waals surface area contributed by atoms with Crippen molar-refractivity contribution in [2.75, 3.05) is 6.61 Å². The van der Waals surface area contributed by atoms with Gasteiger partial charge in [-0.15, -0.1) is 0 Å². The Kier molecular flexibility index (Phi) is 3.48. The first kappa shape index (κ1) is 12.6. The highest BCUT2D eigenvalue weighted by Crippen LogP contribution is 2.55. The van der Waals surface area contributed by atoms with Crippen molar-refractivity contribution in [2.45, 2.75) is 63.8 Å². The highest BCUT2D eigenvalue weighted by molar-refractivity contribution is 6.73. The molecule has 0 radical (unpaired) electrons. The fourth-order valence-corrected chi connectivity index (χ4v) is 6.29. The van der Waals surface area contributed by atoms with E-state index in [9.17, 15) is 4.80 Å². The van der Waals surface area contributed by atoms with Gasteiger partial charge in [-0.3, -0.25) is 0 Å². The second-order valence-electron chi connectivity index (χ2n) is 6.23. The molecule has 2 nitrogen and oxygen atoms in total. The molecule has 2 aliphatic carbocycles. The van der Waals surface area contributed by atoms with Gasteiger partial charge in [0.25, 0.3) is 0 Å². The first-order valence-electron chi connectivity index (χ1n) is 6.86. The minimum Gasteiger partial charge on any atom is -0.429 e. The van der Waals surface area contributed by atoms with Crippen molar-refractivity contribution in [2.24, 2.45) is 11.8 Å². The van der Waals surface area contributed by atoms with Crippen LogP contribution in [0.25, 0.3) is 0 Å². The van der Waals surface area contributed by atoms with E-state index in [2.05, 4.69) is 20.0 Å². The zero-order valence-electron chi connectivity index (χ0n) is 11.0. The molecule has 0 heterocycles. The van der Waals surface area contributed by atoms with Gasteiger partial charge in [-0.2, -0.15) is 0 Å². The molecule has 2 aliphatic rings. The van der Waals surface area contributed by atoms with E-state index in [0.717, 1.165) is 25.4 Å². The van der Waals surface area contributed by atoms with Crippen LogP contribution in [0.3, 0.4) is 0 Å². The molecule has 3 atom stereocenters. The zero-order valence-corrected chi connectivity index (χ0v) is 12.0. The van der Waals surface area contributed by atoms with Gasteiger partial charge in [-0.05, 0) is 57.0 Å². The second-order valence-corrected chi connectivity index (χ2v) is 10.2. The van der Waals surface area contributed by atoms with Crippen LogP contribution in [0.5, 0.6) is 0 Å². The lowest BCUT2D eigenvalue weighted by atomic mass is 9.96. The summed E-state index contributed by atoms with van der Waals surface area (Å²) in [5.74, 6) is 1.49. The molecule has 16 heavy (non-hydrogen) atoms. The first-order chi connectivity index (χ1) is 7.49. The highest BCUT2D eigenvalue weighted by atomic mass is 28.4. The van der Waals surface area contributed by atoms with Crippen molar-refractivity contribution in [3.8, 4) is 0 Å². The molecule has 1 N–H and O–H groups in total. The molecule has 2 saturated carbocycles. The van der Waals surface area contributed by atoms with E-state index in [-0.39, 0.29) is 5.22 Å². The predicted octanol–water partition coefficient (Wildman–Crippen LogP) is 3.10. The van der Waals surface area contributed by atoms with Crippen LogP contribution in [-0.2, 0) is 4.74 Å². The highest BCUT2D eigenvalue weighted by Gasteiger charge is 2.60. The van der Waals surface area contributed by atoms with E-state index >= 15 is 0 Å². The topological polar surface area (TPSA) is 29.5 Å². The third kappa shape index (κ3) is 1.98. The van der Waals surface area contributed by atoms with Gasteiger partial charge in [-0.25, -0.2) is 0 Å². The normalized spacial score (nSPS) is 38.2. The van der Waals surface area contributed by atoms with Gasteiger partial charge in [0.05, 0.1) is 5.22 Å². The van der Waals surface area contributed by atoms with Crippen LogP contribution in [0.1, 0.15) is 45.4 Å². The summed E-state index contributed by atoms with van der Waals surface area (Å²) in [6.07, 6.45) is 7.41. The minimum atomic E-state index is -2.20. The standard InChI is InChI=1S/C13H26O2Si/c1-4-5-8-15-13(16(2,3)14)10-11-6-7-12(13)9-11/h11-12,14H,4-10H2,1-3H3. The van der Waals surface area contributed by atoms with Gasteiger partial charge in [-0.1, -0.05) is 13.3 Å². The molecule has 0 saturated heterocycles. The van der Waals surface area contributed by atoms with Crippen LogP contribution in [0.2, 0.25) is 13.1 Å². The number of hydrogen-bond donors (Lipinski definition) is 1. The van der Waals surface area contributed by atoms with Crippen molar-refractivity contribution in [1.29, 1.82) is 0 Å². The molecule has 0 aromatic carbocycles. The van der Waals surface area contributed by atoms with Gasteiger partial charge >= 0.3 is 0 Å². The summed E-state index contributed by atoms with van der Waals surface area (Å²) in [7, 11) is -2.20. The average Bonchev–Trinajstić information content (AvgIpc) is 2.76. The largest absolute Gasteiger partial charge is 0.429 e. The van der Waals surface area contributed by atoms with Crippen molar-refractivity contribution >= 4 is 8.32 Å². The Morgan fingerprint density at radius 2 is 2.12 bits per heavy atom. The number of ether oxygens (including phenoxy) is 1. The average molecular weight is 242 g/mol. The Morgan fingerprint density at radius 3 is 2.56 bits per heavy atom. The van der Waals surface area contributed by atoms with Crippen molar-refractivity contribution in [1.82, 2.24) is 0 Å². The monoisotopic (exact) mass is 242 g/mol. The maximum Gasteiger partial charge on any atom is 0.214 e. The summed E-state index contributed by atoms with van der Waals surface area (Å²) in [6.45, 7) is 7.17. The van der Waals surface area contributed by atoms with Gasteiger partial charge in [0.15, 0.2) is 0 Å². The van der Waals surface area contributed by atoms with Crippen LogP contribution in [-0.4, -0.2) is 24.9 Å². The Hall–Kier alpha value is 0.137. The lowest BCUT2D eigenvalue weighted by molar-refractivity contribution is -0.0390. The molecule has 0 spiro atoms. The molecule has 0 aromatic rings.